The molecule has 0 saturated heterocycles. The summed E-state index contributed by atoms with van der Waals surface area (Å²) in [7, 11) is 0.655. The van der Waals surface area contributed by atoms with Crippen LogP contribution in [0, 0.1) is 11.7 Å². The quantitative estimate of drug-likeness (QED) is 0.186. The summed E-state index contributed by atoms with van der Waals surface area (Å²) in [5, 5.41) is 0. The van der Waals surface area contributed by atoms with E-state index in [4.69, 9.17) is 5.73 Å². The summed E-state index contributed by atoms with van der Waals surface area (Å²) in [5.74, 6) is 0.468. The SMILES string of the molecule is CC1=CC(C)=C[C-](C)C(C)=C1.[Cl][Ru+3].[NH-]C(c1ccccc1)C([N-]S(=O)(=O)Cc1cccc(F)c1)c1ccccc1. The first-order valence-corrected chi connectivity index (χ1v) is 16.4. The van der Waals surface area contributed by atoms with Crippen LogP contribution in [0.15, 0.2) is 120 Å². The van der Waals surface area contributed by atoms with E-state index in [9.17, 15) is 12.8 Å². The van der Waals surface area contributed by atoms with Crippen LogP contribution in [0.3, 0.4) is 0 Å². The Morgan fingerprint density at radius 1 is 0.875 bits per heavy atom. The van der Waals surface area contributed by atoms with Crippen molar-refractivity contribution in [3.63, 3.8) is 0 Å². The summed E-state index contributed by atoms with van der Waals surface area (Å²) in [5.41, 5.74) is 14.3. The standard InChI is InChI=1S/C21H19FN2O2S.C11H15.ClH.Ru/c22-19-13-7-8-16(14-19)15-27(25,26)24-21(18-11-5-2-6-12-18)20(23)17-9-3-1-4-10-17;1-8-5-9(2)7-11(4)10(3)6-8;;/h1-14,20-21,23H,15H2;5-7H,1-4H3;1H;/q-2;-1;;+4/p-1. The smallest absolute Gasteiger partial charge is 0.123 e. The van der Waals surface area contributed by atoms with Crippen molar-refractivity contribution in [2.45, 2.75) is 45.5 Å². The fourth-order valence-electron chi connectivity index (χ4n) is 4.21. The molecule has 3 aromatic carbocycles. The Kier molecular flexibility index (Phi) is 14.0. The zero-order chi connectivity index (χ0) is 29.7. The molecule has 1 aliphatic rings. The number of halogens is 2. The maximum absolute atomic E-state index is 13.4. The van der Waals surface area contributed by atoms with Gasteiger partial charge < -0.3 is 10.5 Å². The van der Waals surface area contributed by atoms with Gasteiger partial charge in [-0.15, -0.1) is 29.3 Å². The molecule has 2 atom stereocenters. The summed E-state index contributed by atoms with van der Waals surface area (Å²) < 4.78 is 42.7. The van der Waals surface area contributed by atoms with E-state index in [0.717, 1.165) is 0 Å². The van der Waals surface area contributed by atoms with Gasteiger partial charge in [-0.1, -0.05) is 112 Å². The van der Waals surface area contributed by atoms with Gasteiger partial charge in [0, 0.05) is 0 Å². The average Bonchev–Trinajstić information content (AvgIpc) is 3.04. The van der Waals surface area contributed by atoms with Crippen LogP contribution in [0.25, 0.3) is 10.5 Å². The first kappa shape index (κ1) is 33.7. The van der Waals surface area contributed by atoms with Gasteiger partial charge in [-0.3, -0.25) is 0 Å². The second-order valence-electron chi connectivity index (χ2n) is 9.49. The van der Waals surface area contributed by atoms with E-state index in [-0.39, 0.29) is 0 Å². The molecule has 0 fully saturated rings. The third-order valence-electron chi connectivity index (χ3n) is 6.09. The summed E-state index contributed by atoms with van der Waals surface area (Å²) in [6, 6.07) is 21.6. The van der Waals surface area contributed by atoms with E-state index in [1.54, 1.807) is 54.6 Å². The second-order valence-corrected chi connectivity index (χ2v) is 11.2. The normalized spacial score (nSPS) is 14.6. The second kappa shape index (κ2) is 16.7. The molecule has 40 heavy (non-hydrogen) atoms. The molecule has 4 rings (SSSR count). The third kappa shape index (κ3) is 11.1. The van der Waals surface area contributed by atoms with Crippen molar-refractivity contribution in [2.75, 3.05) is 0 Å². The molecular formula is C32H34ClFN2O2RuS. The Balaban J connectivity index is 0.000000360. The van der Waals surface area contributed by atoms with Gasteiger partial charge in [-0.05, 0) is 17.7 Å². The summed E-state index contributed by atoms with van der Waals surface area (Å²) in [6.07, 6.45) is 6.66. The zero-order valence-electron chi connectivity index (χ0n) is 23.0. The van der Waals surface area contributed by atoms with Crippen molar-refractivity contribution in [2.24, 2.45) is 0 Å². The van der Waals surface area contributed by atoms with Gasteiger partial charge in [0.05, 0.1) is 15.8 Å². The number of sulfonamides is 1. The Hall–Kier alpha value is -2.54. The molecule has 4 nitrogen and oxygen atoms in total. The van der Waals surface area contributed by atoms with Gasteiger partial charge in [0.1, 0.15) is 5.82 Å². The van der Waals surface area contributed by atoms with Crippen LogP contribution in [-0.2, 0) is 33.1 Å². The molecule has 0 aromatic heterocycles. The number of hydrogen-bond acceptors (Lipinski definition) is 2. The molecule has 2 unspecified atom stereocenters. The predicted octanol–water partition coefficient (Wildman–Crippen LogP) is 9.68. The molecule has 0 saturated carbocycles. The summed E-state index contributed by atoms with van der Waals surface area (Å²) >= 11 is 1.82. The molecule has 212 valence electrons. The minimum Gasteiger partial charge on any atom is -0.672 e. The Labute approximate surface area is 253 Å². The molecule has 8 heteroatoms. The van der Waals surface area contributed by atoms with Crippen LogP contribution >= 0.6 is 9.69 Å². The van der Waals surface area contributed by atoms with E-state index in [1.165, 1.54) is 40.8 Å². The molecule has 0 heterocycles. The predicted molar refractivity (Wildman–Crippen MR) is 161 cm³/mol. The van der Waals surface area contributed by atoms with Crippen molar-refractivity contribution in [3.8, 4) is 0 Å². The van der Waals surface area contributed by atoms with E-state index < -0.39 is 33.7 Å². The molecule has 3 aromatic rings. The van der Waals surface area contributed by atoms with E-state index in [2.05, 4.69) is 60.3 Å². The molecule has 0 aliphatic heterocycles. The number of rotatable bonds is 7. The van der Waals surface area contributed by atoms with Gasteiger partial charge in [-0.2, -0.15) is 23.6 Å². The Morgan fingerprint density at radius 2 is 1.45 bits per heavy atom. The fraction of sp³-hybridized carbons (Fsp3) is 0.219. The average molecular weight is 666 g/mol. The Bertz CT molecular complexity index is 1410. The first-order chi connectivity index (χ1) is 19.0. The third-order valence-corrected chi connectivity index (χ3v) is 7.34. The monoisotopic (exact) mass is 666 g/mol. The topological polar surface area (TPSA) is 72.0 Å². The summed E-state index contributed by atoms with van der Waals surface area (Å²) in [4.78, 5) is 0. The molecule has 1 N–H and O–H groups in total. The van der Waals surface area contributed by atoms with Crippen LogP contribution in [0.1, 0.15) is 56.5 Å². The van der Waals surface area contributed by atoms with E-state index in [0.29, 0.717) is 16.7 Å². The minimum atomic E-state index is -3.91. The molecular weight excluding hydrogens is 632 g/mol. The summed E-state index contributed by atoms with van der Waals surface area (Å²) in [6.45, 7) is 8.59. The molecule has 0 bridgehead atoms. The van der Waals surface area contributed by atoms with Crippen molar-refractivity contribution >= 4 is 19.7 Å². The van der Waals surface area contributed by atoms with Crippen molar-refractivity contribution in [1.82, 2.24) is 0 Å². The molecule has 1 aliphatic carbocycles. The Morgan fingerprint density at radius 3 is 2.02 bits per heavy atom. The zero-order valence-corrected chi connectivity index (χ0v) is 26.3. The largest absolute Gasteiger partial charge is 0.672 e. The molecule has 0 amide bonds. The number of nitrogens with one attached hydrogen (secondary N) is 1. The maximum Gasteiger partial charge on any atom is 0.123 e. The van der Waals surface area contributed by atoms with Gasteiger partial charge in [0.2, 0.25) is 0 Å². The molecule has 0 spiro atoms. The fourth-order valence-corrected chi connectivity index (χ4v) is 5.47. The van der Waals surface area contributed by atoms with Crippen LogP contribution in [0.2, 0.25) is 0 Å². The van der Waals surface area contributed by atoms with Crippen molar-refractivity contribution in [3.05, 3.63) is 159 Å². The molecule has 0 radical (unpaired) electrons. The van der Waals surface area contributed by atoms with Crippen LogP contribution in [0.4, 0.5) is 4.39 Å². The van der Waals surface area contributed by atoms with Crippen molar-refractivity contribution < 1.29 is 30.1 Å². The van der Waals surface area contributed by atoms with Crippen LogP contribution in [-0.4, -0.2) is 8.42 Å². The number of benzene rings is 3. The van der Waals surface area contributed by atoms with Gasteiger partial charge >= 0.3 is 27.0 Å². The van der Waals surface area contributed by atoms with Crippen LogP contribution < -0.4 is 0 Å². The van der Waals surface area contributed by atoms with Crippen molar-refractivity contribution in [1.29, 1.82) is 0 Å². The van der Waals surface area contributed by atoms with Gasteiger partial charge in [-0.25, -0.2) is 12.8 Å². The maximum atomic E-state index is 13.4. The van der Waals surface area contributed by atoms with E-state index in [1.807, 2.05) is 29.4 Å². The van der Waals surface area contributed by atoms with E-state index >= 15 is 0 Å². The van der Waals surface area contributed by atoms with Crippen LogP contribution in [0.5, 0.6) is 0 Å². The number of hydrogen-bond donors (Lipinski definition) is 0. The van der Waals surface area contributed by atoms with Gasteiger partial charge in [0.15, 0.2) is 0 Å². The first-order valence-electron chi connectivity index (χ1n) is 12.6. The number of allylic oxidation sites excluding steroid dienone is 6. The minimum absolute atomic E-state index is 0.326. The number of nitrogens with zero attached hydrogens (tertiary/aromatic N) is 1. The van der Waals surface area contributed by atoms with Gasteiger partial charge in [0.25, 0.3) is 0 Å².